The number of nitrogens with zero attached hydrogens (tertiary/aromatic N) is 1. The Hall–Kier alpha value is -2.34. The summed E-state index contributed by atoms with van der Waals surface area (Å²) in [5.41, 5.74) is 2.68. The van der Waals surface area contributed by atoms with Crippen molar-refractivity contribution in [2.24, 2.45) is 0 Å². The molecule has 0 saturated carbocycles. The molecule has 3 heteroatoms. The molecule has 0 aromatic heterocycles. The van der Waals surface area contributed by atoms with E-state index in [2.05, 4.69) is 6.07 Å². The van der Waals surface area contributed by atoms with Crippen molar-refractivity contribution in [2.45, 2.75) is 6.92 Å². The summed E-state index contributed by atoms with van der Waals surface area (Å²) in [5, 5.41) is 8.82. The number of aryl methyl sites for hydroxylation is 1. The van der Waals surface area contributed by atoms with E-state index in [-0.39, 0.29) is 11.6 Å². The van der Waals surface area contributed by atoms with Gasteiger partial charge in [-0.3, -0.25) is 0 Å². The number of hydrogen-bond donors (Lipinski definition) is 0. The highest BCUT2D eigenvalue weighted by molar-refractivity contribution is 5.70. The lowest BCUT2D eigenvalue weighted by atomic mass is 9.98. The van der Waals surface area contributed by atoms with Crippen LogP contribution in [-0.4, -0.2) is 7.11 Å². The molecule has 2 aromatic rings. The van der Waals surface area contributed by atoms with Gasteiger partial charge in [0.2, 0.25) is 0 Å². The van der Waals surface area contributed by atoms with E-state index in [0.29, 0.717) is 11.1 Å². The molecule has 18 heavy (non-hydrogen) atoms. The Morgan fingerprint density at radius 1 is 1.17 bits per heavy atom. The molecule has 2 aromatic carbocycles. The first-order valence-electron chi connectivity index (χ1n) is 5.51. The third-order valence-corrected chi connectivity index (χ3v) is 2.83. The molecule has 2 rings (SSSR count). The number of benzene rings is 2. The topological polar surface area (TPSA) is 33.0 Å². The van der Waals surface area contributed by atoms with Gasteiger partial charge in [-0.1, -0.05) is 18.2 Å². The maximum atomic E-state index is 14.1. The van der Waals surface area contributed by atoms with Crippen molar-refractivity contribution in [3.8, 4) is 22.9 Å². The van der Waals surface area contributed by atoms with Crippen LogP contribution in [-0.2, 0) is 0 Å². The highest BCUT2D eigenvalue weighted by Crippen LogP contribution is 2.31. The van der Waals surface area contributed by atoms with Crippen LogP contribution in [0.15, 0.2) is 36.4 Å². The third kappa shape index (κ3) is 2.05. The summed E-state index contributed by atoms with van der Waals surface area (Å²) >= 11 is 0. The van der Waals surface area contributed by atoms with E-state index in [1.54, 1.807) is 36.4 Å². The van der Waals surface area contributed by atoms with Gasteiger partial charge in [-0.05, 0) is 36.2 Å². The van der Waals surface area contributed by atoms with Crippen molar-refractivity contribution >= 4 is 0 Å². The van der Waals surface area contributed by atoms with Gasteiger partial charge in [-0.15, -0.1) is 0 Å². The predicted molar refractivity (Wildman–Crippen MR) is 67.8 cm³/mol. The fraction of sp³-hybridized carbons (Fsp3) is 0.133. The highest BCUT2D eigenvalue weighted by Gasteiger charge is 2.12. The first-order valence-corrected chi connectivity index (χ1v) is 5.51. The average molecular weight is 241 g/mol. The Bertz CT molecular complexity index is 629. The molecule has 90 valence electrons. The summed E-state index contributed by atoms with van der Waals surface area (Å²) < 4.78 is 19.1. The van der Waals surface area contributed by atoms with E-state index in [0.717, 1.165) is 11.1 Å². The molecule has 0 heterocycles. The number of hydrogen-bond acceptors (Lipinski definition) is 2. The maximum absolute atomic E-state index is 14.1. The second-order valence-electron chi connectivity index (χ2n) is 3.96. The Balaban J connectivity index is 2.60. The molecule has 0 spiro atoms. The van der Waals surface area contributed by atoms with Crippen LogP contribution < -0.4 is 4.74 Å². The third-order valence-electron chi connectivity index (χ3n) is 2.83. The lowest BCUT2D eigenvalue weighted by molar-refractivity contribution is 0.387. The van der Waals surface area contributed by atoms with Crippen molar-refractivity contribution in [3.05, 3.63) is 53.3 Å². The van der Waals surface area contributed by atoms with Gasteiger partial charge in [0.05, 0.1) is 18.7 Å². The van der Waals surface area contributed by atoms with Gasteiger partial charge in [0.1, 0.15) is 0 Å². The predicted octanol–water partition coefficient (Wildman–Crippen LogP) is 3.68. The molecule has 0 N–H and O–H groups in total. The molecule has 0 aliphatic carbocycles. The van der Waals surface area contributed by atoms with E-state index in [1.165, 1.54) is 7.11 Å². The van der Waals surface area contributed by atoms with Crippen molar-refractivity contribution in [1.29, 1.82) is 5.26 Å². The molecule has 0 amide bonds. The van der Waals surface area contributed by atoms with Crippen molar-refractivity contribution in [2.75, 3.05) is 7.11 Å². The molecule has 0 unspecified atom stereocenters. The maximum Gasteiger partial charge on any atom is 0.172 e. The molecule has 0 atom stereocenters. The van der Waals surface area contributed by atoms with Gasteiger partial charge in [-0.25, -0.2) is 4.39 Å². The highest BCUT2D eigenvalue weighted by atomic mass is 19.1. The van der Waals surface area contributed by atoms with Crippen molar-refractivity contribution in [1.82, 2.24) is 0 Å². The smallest absolute Gasteiger partial charge is 0.172 e. The van der Waals surface area contributed by atoms with Crippen LogP contribution >= 0.6 is 0 Å². The van der Waals surface area contributed by atoms with E-state index >= 15 is 0 Å². The van der Waals surface area contributed by atoms with E-state index in [1.807, 2.05) is 6.92 Å². The number of methoxy groups -OCH3 is 1. The number of ether oxygens (including phenoxy) is 1. The lowest BCUT2D eigenvalue weighted by Crippen LogP contribution is -1.93. The molecule has 0 aliphatic rings. The van der Waals surface area contributed by atoms with Crippen molar-refractivity contribution < 1.29 is 9.13 Å². The van der Waals surface area contributed by atoms with Crippen LogP contribution in [0.5, 0.6) is 5.75 Å². The Morgan fingerprint density at radius 2 is 1.94 bits per heavy atom. The summed E-state index contributed by atoms with van der Waals surface area (Å²) in [6.45, 7) is 1.86. The minimum Gasteiger partial charge on any atom is -0.494 e. The Labute approximate surface area is 105 Å². The standard InChI is InChI=1S/C15H12FNO/c1-10-8-11(9-17)6-7-12(10)13-4-3-5-14(18-2)15(13)16/h3-8H,1-2H3. The van der Waals surface area contributed by atoms with E-state index in [9.17, 15) is 4.39 Å². The van der Waals surface area contributed by atoms with Gasteiger partial charge in [0.15, 0.2) is 11.6 Å². The van der Waals surface area contributed by atoms with Gasteiger partial charge in [0.25, 0.3) is 0 Å². The normalized spacial score (nSPS) is 9.89. The molecule has 0 bridgehead atoms. The molecular formula is C15H12FNO. The number of nitriles is 1. The first kappa shape index (κ1) is 12.1. The summed E-state index contributed by atoms with van der Waals surface area (Å²) in [4.78, 5) is 0. The SMILES string of the molecule is COc1cccc(-c2ccc(C#N)cc2C)c1F. The fourth-order valence-electron chi connectivity index (χ4n) is 1.91. The lowest BCUT2D eigenvalue weighted by Gasteiger charge is -2.10. The zero-order chi connectivity index (χ0) is 13.1. The molecule has 0 fully saturated rings. The number of rotatable bonds is 2. The van der Waals surface area contributed by atoms with Gasteiger partial charge in [-0.2, -0.15) is 5.26 Å². The summed E-state index contributed by atoms with van der Waals surface area (Å²) in [5.74, 6) is -0.163. The minimum absolute atomic E-state index is 0.219. The number of halogens is 1. The van der Waals surface area contributed by atoms with E-state index < -0.39 is 0 Å². The quantitative estimate of drug-likeness (QED) is 0.803. The van der Waals surface area contributed by atoms with Crippen LogP contribution in [0, 0.1) is 24.1 Å². The van der Waals surface area contributed by atoms with Crippen LogP contribution in [0.2, 0.25) is 0 Å². The monoisotopic (exact) mass is 241 g/mol. The zero-order valence-corrected chi connectivity index (χ0v) is 10.2. The first-order chi connectivity index (χ1) is 8.67. The van der Waals surface area contributed by atoms with Crippen LogP contribution in [0.1, 0.15) is 11.1 Å². The summed E-state index contributed by atoms with van der Waals surface area (Å²) in [6.07, 6.45) is 0. The minimum atomic E-state index is -0.382. The van der Waals surface area contributed by atoms with Gasteiger partial charge >= 0.3 is 0 Å². The van der Waals surface area contributed by atoms with Crippen LogP contribution in [0.25, 0.3) is 11.1 Å². The zero-order valence-electron chi connectivity index (χ0n) is 10.2. The molecule has 2 nitrogen and oxygen atoms in total. The largest absolute Gasteiger partial charge is 0.494 e. The Morgan fingerprint density at radius 3 is 2.56 bits per heavy atom. The van der Waals surface area contributed by atoms with E-state index in [4.69, 9.17) is 10.00 Å². The Kier molecular flexibility index (Phi) is 3.29. The van der Waals surface area contributed by atoms with Crippen molar-refractivity contribution in [3.63, 3.8) is 0 Å². The van der Waals surface area contributed by atoms with Gasteiger partial charge < -0.3 is 4.74 Å². The average Bonchev–Trinajstić information content (AvgIpc) is 2.39. The molecule has 0 radical (unpaired) electrons. The second kappa shape index (κ2) is 4.89. The van der Waals surface area contributed by atoms with Crippen LogP contribution in [0.4, 0.5) is 4.39 Å². The van der Waals surface area contributed by atoms with Gasteiger partial charge in [0, 0.05) is 5.56 Å². The van der Waals surface area contributed by atoms with Crippen LogP contribution in [0.3, 0.4) is 0 Å². The molecule has 0 aliphatic heterocycles. The molecular weight excluding hydrogens is 229 g/mol. The molecule has 0 saturated heterocycles. The fourth-order valence-corrected chi connectivity index (χ4v) is 1.91. The summed E-state index contributed by atoms with van der Waals surface area (Å²) in [7, 11) is 1.44. The second-order valence-corrected chi connectivity index (χ2v) is 3.96. The summed E-state index contributed by atoms with van der Waals surface area (Å²) in [6, 6.07) is 12.3.